The third-order valence-electron chi connectivity index (χ3n) is 6.32. The highest BCUT2D eigenvalue weighted by Crippen LogP contribution is 2.47. The van der Waals surface area contributed by atoms with Gasteiger partial charge in [0.05, 0.1) is 5.56 Å². The van der Waals surface area contributed by atoms with Crippen molar-refractivity contribution >= 4 is 0 Å². The van der Waals surface area contributed by atoms with Crippen LogP contribution in [0, 0.1) is 5.92 Å². The normalized spacial score (nSPS) is 15.6. The smallest absolute Gasteiger partial charge is 0.343 e. The summed E-state index contributed by atoms with van der Waals surface area (Å²) in [4.78, 5) is 12.9. The zero-order valence-corrected chi connectivity index (χ0v) is 17.6. The van der Waals surface area contributed by atoms with Gasteiger partial charge in [0.15, 0.2) is 0 Å². The van der Waals surface area contributed by atoms with E-state index < -0.39 is 0 Å². The second-order valence-corrected chi connectivity index (χ2v) is 8.43. The minimum atomic E-state index is -0.388. The van der Waals surface area contributed by atoms with E-state index in [2.05, 4.69) is 31.2 Å². The van der Waals surface area contributed by atoms with Crippen LogP contribution in [-0.2, 0) is 6.42 Å². The summed E-state index contributed by atoms with van der Waals surface area (Å²) in [5.41, 5.74) is 2.46. The lowest BCUT2D eigenvalue weighted by atomic mass is 9.87. The molecule has 1 aliphatic rings. The molecule has 1 heterocycles. The third-order valence-corrected chi connectivity index (χ3v) is 6.32. The van der Waals surface area contributed by atoms with E-state index in [-0.39, 0.29) is 17.3 Å². The average molecular weight is 403 g/mol. The maximum absolute atomic E-state index is 12.9. The summed E-state index contributed by atoms with van der Waals surface area (Å²) in [5, 5.41) is 10.8. The number of rotatable bonds is 9. The monoisotopic (exact) mass is 402 g/mol. The van der Waals surface area contributed by atoms with Crippen molar-refractivity contribution < 1.29 is 9.52 Å². The molecule has 0 spiro atoms. The van der Waals surface area contributed by atoms with Gasteiger partial charge < -0.3 is 9.52 Å². The average Bonchev–Trinajstić information content (AvgIpc) is 3.60. The molecule has 0 radical (unpaired) electrons. The van der Waals surface area contributed by atoms with Gasteiger partial charge in [-0.25, -0.2) is 4.79 Å². The van der Waals surface area contributed by atoms with Gasteiger partial charge >= 0.3 is 5.63 Å². The molecule has 2 atom stereocenters. The van der Waals surface area contributed by atoms with Crippen LogP contribution in [-0.4, -0.2) is 5.11 Å². The summed E-state index contributed by atoms with van der Waals surface area (Å²) in [7, 11) is 0. The molecular weight excluding hydrogens is 372 g/mol. The third kappa shape index (κ3) is 4.67. The highest BCUT2D eigenvalue weighted by molar-refractivity contribution is 5.41. The fourth-order valence-electron chi connectivity index (χ4n) is 4.57. The van der Waals surface area contributed by atoms with Gasteiger partial charge in [0.2, 0.25) is 0 Å². The Balaban J connectivity index is 1.48. The van der Waals surface area contributed by atoms with E-state index in [9.17, 15) is 9.90 Å². The van der Waals surface area contributed by atoms with Crippen molar-refractivity contribution in [2.45, 2.75) is 57.3 Å². The molecule has 4 rings (SSSR count). The van der Waals surface area contributed by atoms with Crippen LogP contribution in [0.15, 0.2) is 75.9 Å². The van der Waals surface area contributed by atoms with Gasteiger partial charge in [-0.05, 0) is 55.1 Å². The minimum Gasteiger partial charge on any atom is -0.507 e. The number of benzene rings is 2. The molecule has 0 saturated heterocycles. The summed E-state index contributed by atoms with van der Waals surface area (Å²) in [6, 6.07) is 22.2. The van der Waals surface area contributed by atoms with Crippen molar-refractivity contribution in [2.24, 2.45) is 5.92 Å². The second-order valence-electron chi connectivity index (χ2n) is 8.43. The Labute approximate surface area is 178 Å². The minimum absolute atomic E-state index is 0.0807. The predicted octanol–water partition coefficient (Wildman–Crippen LogP) is 6.40. The largest absolute Gasteiger partial charge is 0.507 e. The van der Waals surface area contributed by atoms with E-state index in [1.807, 2.05) is 36.4 Å². The van der Waals surface area contributed by atoms with Gasteiger partial charge in [0.25, 0.3) is 0 Å². The van der Waals surface area contributed by atoms with Crippen molar-refractivity contribution in [3.8, 4) is 5.75 Å². The molecule has 0 bridgehead atoms. The fourth-order valence-corrected chi connectivity index (χ4v) is 4.57. The topological polar surface area (TPSA) is 50.4 Å². The van der Waals surface area contributed by atoms with Crippen molar-refractivity contribution in [2.75, 3.05) is 0 Å². The Kier molecular flexibility index (Phi) is 6.37. The number of hydrogen-bond donors (Lipinski definition) is 1. The molecule has 0 aliphatic heterocycles. The molecule has 0 amide bonds. The van der Waals surface area contributed by atoms with Crippen molar-refractivity contribution in [3.05, 3.63) is 99.6 Å². The molecule has 2 aromatic carbocycles. The maximum Gasteiger partial charge on any atom is 0.343 e. The molecule has 2 unspecified atom stereocenters. The first kappa shape index (κ1) is 20.5. The Morgan fingerprint density at radius 2 is 1.63 bits per heavy atom. The Bertz CT molecular complexity index is 1000. The van der Waals surface area contributed by atoms with Crippen molar-refractivity contribution in [3.63, 3.8) is 0 Å². The van der Waals surface area contributed by atoms with Crippen molar-refractivity contribution in [1.29, 1.82) is 0 Å². The summed E-state index contributed by atoms with van der Waals surface area (Å²) in [5.74, 6) is 1.48. The lowest BCUT2D eigenvalue weighted by molar-refractivity contribution is 0.398. The first-order valence-corrected chi connectivity index (χ1v) is 11.1. The maximum atomic E-state index is 12.9. The first-order valence-electron chi connectivity index (χ1n) is 11.1. The van der Waals surface area contributed by atoms with Crippen LogP contribution in [0.3, 0.4) is 0 Å². The molecule has 30 heavy (non-hydrogen) atoms. The van der Waals surface area contributed by atoms with E-state index in [0.29, 0.717) is 29.6 Å². The summed E-state index contributed by atoms with van der Waals surface area (Å²) >= 11 is 0. The zero-order valence-electron chi connectivity index (χ0n) is 17.6. The Morgan fingerprint density at radius 1 is 1.00 bits per heavy atom. The van der Waals surface area contributed by atoms with E-state index in [4.69, 9.17) is 4.42 Å². The zero-order chi connectivity index (χ0) is 20.9. The van der Waals surface area contributed by atoms with E-state index in [1.165, 1.54) is 5.56 Å². The van der Waals surface area contributed by atoms with Crippen LogP contribution >= 0.6 is 0 Å². The molecule has 3 aromatic rings. The molecule has 3 heteroatoms. The molecule has 1 saturated carbocycles. The van der Waals surface area contributed by atoms with Gasteiger partial charge in [-0.15, -0.1) is 0 Å². The number of hydrogen-bond acceptors (Lipinski definition) is 3. The molecule has 1 aliphatic carbocycles. The molecule has 3 nitrogen and oxygen atoms in total. The van der Waals surface area contributed by atoms with Gasteiger partial charge in [0.1, 0.15) is 11.5 Å². The molecule has 1 fully saturated rings. The van der Waals surface area contributed by atoms with Crippen LogP contribution in [0.2, 0.25) is 0 Å². The number of aromatic hydroxyl groups is 1. The quantitative estimate of drug-likeness (QED) is 0.450. The Morgan fingerprint density at radius 3 is 2.20 bits per heavy atom. The Hall–Kier alpha value is -2.81. The van der Waals surface area contributed by atoms with E-state index >= 15 is 0 Å². The summed E-state index contributed by atoms with van der Waals surface area (Å²) in [6.07, 6.45) is 5.85. The lowest BCUT2D eigenvalue weighted by Crippen LogP contribution is -2.16. The van der Waals surface area contributed by atoms with Crippen LogP contribution in [0.5, 0.6) is 5.75 Å². The van der Waals surface area contributed by atoms with Crippen LogP contribution in [0.1, 0.15) is 73.3 Å². The predicted molar refractivity (Wildman–Crippen MR) is 120 cm³/mol. The first-order chi connectivity index (χ1) is 14.7. The van der Waals surface area contributed by atoms with Crippen molar-refractivity contribution in [1.82, 2.24) is 0 Å². The second kappa shape index (κ2) is 9.34. The van der Waals surface area contributed by atoms with Crippen LogP contribution < -0.4 is 5.63 Å². The molecule has 1 aromatic heterocycles. The molecule has 156 valence electrons. The van der Waals surface area contributed by atoms with Gasteiger partial charge in [-0.1, -0.05) is 67.6 Å². The van der Waals surface area contributed by atoms with Crippen LogP contribution in [0.25, 0.3) is 0 Å². The van der Waals surface area contributed by atoms with Gasteiger partial charge in [0, 0.05) is 18.4 Å². The fraction of sp³-hybridized carbons (Fsp3) is 0.370. The van der Waals surface area contributed by atoms with Gasteiger partial charge in [-0.2, -0.15) is 0 Å². The van der Waals surface area contributed by atoms with E-state index in [1.54, 1.807) is 6.07 Å². The number of aryl methyl sites for hydroxylation is 1. The SMILES string of the molecule is CCC(CCCc1cc(O)c(C(c2ccccc2)C2CC2)c(=O)o1)c1ccccc1. The van der Waals surface area contributed by atoms with E-state index in [0.717, 1.165) is 37.7 Å². The highest BCUT2D eigenvalue weighted by atomic mass is 16.4. The molecule has 1 N–H and O–H groups in total. The summed E-state index contributed by atoms with van der Waals surface area (Å²) in [6.45, 7) is 2.21. The highest BCUT2D eigenvalue weighted by Gasteiger charge is 2.37. The molecular formula is C27H30O3. The standard InChI is InChI=1S/C27H30O3/c1-2-19(20-10-5-3-6-11-20)14-9-15-23-18-24(28)26(27(29)30-23)25(22-16-17-22)21-12-7-4-8-13-21/h3-8,10-13,18-19,22,25,28H,2,9,14-17H2,1H3. The van der Waals surface area contributed by atoms with Crippen LogP contribution in [0.4, 0.5) is 0 Å². The van der Waals surface area contributed by atoms with Gasteiger partial charge in [-0.3, -0.25) is 0 Å². The summed E-state index contributed by atoms with van der Waals surface area (Å²) < 4.78 is 5.68. The lowest BCUT2D eigenvalue weighted by Gasteiger charge is -2.18.